The minimum absolute atomic E-state index is 0.504. The number of thiophene rings is 1. The number of hydrogen-bond donors (Lipinski definition) is 1. The molecule has 0 spiro atoms. The Hall–Kier alpha value is -3.40. The lowest BCUT2D eigenvalue weighted by Crippen LogP contribution is -2.20. The summed E-state index contributed by atoms with van der Waals surface area (Å²) < 4.78 is 1.23. The van der Waals surface area contributed by atoms with E-state index in [1.54, 1.807) is 11.3 Å². The topological polar surface area (TPSA) is 24.4 Å². The predicted molar refractivity (Wildman–Crippen MR) is 138 cm³/mol. The van der Waals surface area contributed by atoms with Crippen molar-refractivity contribution in [3.05, 3.63) is 114 Å². The van der Waals surface area contributed by atoms with E-state index < -0.39 is 5.62 Å². The summed E-state index contributed by atoms with van der Waals surface area (Å²) in [5.74, 6) is 0. The van der Waals surface area contributed by atoms with Crippen molar-refractivity contribution in [3.8, 4) is 22.3 Å². The van der Waals surface area contributed by atoms with Gasteiger partial charge in [-0.15, -0.1) is 11.3 Å². The fraction of sp³-hybridized carbons (Fsp3) is 0.0357. The molecule has 1 atom stereocenters. The summed E-state index contributed by atoms with van der Waals surface area (Å²) in [6, 6.07) is 36.1. The van der Waals surface area contributed by atoms with Crippen LogP contribution in [0.4, 0.5) is 5.69 Å². The van der Waals surface area contributed by atoms with Crippen molar-refractivity contribution in [2.45, 2.75) is 5.62 Å². The molecule has 4 aromatic carbocycles. The van der Waals surface area contributed by atoms with E-state index in [1.807, 2.05) is 12.1 Å². The Morgan fingerprint density at radius 2 is 1.22 bits per heavy atom. The van der Waals surface area contributed by atoms with Crippen molar-refractivity contribution in [2.75, 3.05) is 5.32 Å². The lowest BCUT2D eigenvalue weighted by molar-refractivity contribution is 1.03. The van der Waals surface area contributed by atoms with Gasteiger partial charge >= 0.3 is 0 Å². The van der Waals surface area contributed by atoms with Crippen LogP contribution in [-0.4, -0.2) is 11.3 Å². The van der Waals surface area contributed by atoms with Crippen LogP contribution in [0, 0.1) is 0 Å². The molecule has 4 heteroatoms. The normalized spacial score (nSPS) is 15.2. The van der Waals surface area contributed by atoms with Crippen LogP contribution in [0.25, 0.3) is 32.3 Å². The number of alkyl halides is 1. The van der Waals surface area contributed by atoms with Gasteiger partial charge in [0.25, 0.3) is 0 Å². The Balaban J connectivity index is 1.58. The lowest BCUT2D eigenvalue weighted by Gasteiger charge is -2.20. The highest BCUT2D eigenvalue weighted by Gasteiger charge is 2.25. The average molecular weight is 451 g/mol. The van der Waals surface area contributed by atoms with Gasteiger partial charge < -0.3 is 5.32 Å². The summed E-state index contributed by atoms with van der Waals surface area (Å²) in [7, 11) is 0. The molecule has 32 heavy (non-hydrogen) atoms. The predicted octanol–water partition coefficient (Wildman–Crippen LogP) is 8.02. The number of aliphatic imine (C=N–C) groups is 1. The van der Waals surface area contributed by atoms with Gasteiger partial charge in [-0.25, -0.2) is 4.99 Å². The molecule has 0 aliphatic carbocycles. The molecule has 1 aliphatic rings. The third kappa shape index (κ3) is 3.40. The van der Waals surface area contributed by atoms with E-state index >= 15 is 0 Å². The largest absolute Gasteiger partial charge is 0.350 e. The van der Waals surface area contributed by atoms with Crippen LogP contribution >= 0.6 is 22.9 Å². The molecule has 154 valence electrons. The zero-order valence-corrected chi connectivity index (χ0v) is 18.7. The van der Waals surface area contributed by atoms with Crippen LogP contribution in [0.15, 0.2) is 108 Å². The fourth-order valence-electron chi connectivity index (χ4n) is 4.24. The van der Waals surface area contributed by atoms with E-state index in [0.717, 1.165) is 33.0 Å². The summed E-state index contributed by atoms with van der Waals surface area (Å²) in [5.41, 5.74) is 7.27. The molecule has 0 fully saturated rings. The van der Waals surface area contributed by atoms with Gasteiger partial charge in [0.2, 0.25) is 0 Å². The molecule has 0 amide bonds. The number of fused-ring (bicyclic) bond motifs is 3. The van der Waals surface area contributed by atoms with Crippen molar-refractivity contribution < 1.29 is 0 Å². The first-order valence-electron chi connectivity index (χ1n) is 10.5. The molecular weight excluding hydrogens is 432 g/mol. The summed E-state index contributed by atoms with van der Waals surface area (Å²) in [5, 5.41) is 4.55. The molecule has 5 aromatic rings. The van der Waals surface area contributed by atoms with E-state index in [0.29, 0.717) is 0 Å². The minimum atomic E-state index is -0.504. The van der Waals surface area contributed by atoms with Crippen LogP contribution < -0.4 is 5.32 Å². The van der Waals surface area contributed by atoms with Crippen LogP contribution in [0.2, 0.25) is 0 Å². The molecule has 1 aromatic heterocycles. The summed E-state index contributed by atoms with van der Waals surface area (Å²) in [4.78, 5) is 5.97. The first-order valence-corrected chi connectivity index (χ1v) is 11.8. The minimum Gasteiger partial charge on any atom is -0.350 e. The van der Waals surface area contributed by atoms with Gasteiger partial charge in [0.1, 0.15) is 0 Å². The highest BCUT2D eigenvalue weighted by atomic mass is 35.5. The van der Waals surface area contributed by atoms with Crippen LogP contribution in [0.3, 0.4) is 0 Å². The molecule has 2 nitrogen and oxygen atoms in total. The SMILES string of the molecule is ClC1N=C(c2cc(-c3ccccc3)cc(-c3ccccc3)c2)c2sc3ccccc3c2N1. The maximum absolute atomic E-state index is 6.57. The molecule has 0 saturated heterocycles. The third-order valence-electron chi connectivity index (χ3n) is 5.74. The van der Waals surface area contributed by atoms with Crippen LogP contribution in [0.1, 0.15) is 10.4 Å². The fourth-order valence-corrected chi connectivity index (χ4v) is 5.63. The second-order valence-corrected chi connectivity index (χ2v) is 9.26. The Bertz CT molecular complexity index is 1400. The smallest absolute Gasteiger partial charge is 0.196 e. The molecule has 0 bridgehead atoms. The summed E-state index contributed by atoms with van der Waals surface area (Å²) in [6.07, 6.45) is 0. The first-order chi connectivity index (χ1) is 15.8. The molecule has 0 saturated carbocycles. The number of benzene rings is 4. The zero-order valence-electron chi connectivity index (χ0n) is 17.1. The van der Waals surface area contributed by atoms with Crippen molar-refractivity contribution in [3.63, 3.8) is 0 Å². The number of nitrogens with one attached hydrogen (secondary N) is 1. The highest BCUT2D eigenvalue weighted by Crippen LogP contribution is 2.41. The highest BCUT2D eigenvalue weighted by molar-refractivity contribution is 7.22. The standard InChI is InChI=1S/C28H19ClN2S/c29-28-30-25(27-26(31-28)23-13-7-8-14-24(23)32-27)22-16-20(18-9-3-1-4-10-18)15-21(17-22)19-11-5-2-6-12-19/h1-17,28,31H. The number of rotatable bonds is 3. The maximum atomic E-state index is 6.57. The number of nitrogens with zero attached hydrogens (tertiary/aromatic N) is 1. The van der Waals surface area contributed by atoms with Crippen molar-refractivity contribution >= 4 is 44.4 Å². The second-order valence-electron chi connectivity index (χ2n) is 7.79. The van der Waals surface area contributed by atoms with Gasteiger partial charge in [0.15, 0.2) is 5.62 Å². The van der Waals surface area contributed by atoms with Crippen molar-refractivity contribution in [2.24, 2.45) is 4.99 Å². The lowest BCUT2D eigenvalue weighted by atomic mass is 9.93. The Labute approximate surface area is 195 Å². The summed E-state index contributed by atoms with van der Waals surface area (Å²) >= 11 is 8.32. The van der Waals surface area contributed by atoms with Gasteiger partial charge in [0, 0.05) is 15.6 Å². The second kappa shape index (κ2) is 7.94. The van der Waals surface area contributed by atoms with E-state index in [2.05, 4.69) is 96.3 Å². The molecular formula is C28H19ClN2S. The van der Waals surface area contributed by atoms with Gasteiger partial charge in [-0.3, -0.25) is 0 Å². The van der Waals surface area contributed by atoms with Gasteiger partial charge in [0.05, 0.1) is 16.3 Å². The Morgan fingerprint density at radius 3 is 1.88 bits per heavy atom. The molecule has 1 N–H and O–H groups in total. The first kappa shape index (κ1) is 19.3. The summed E-state index contributed by atoms with van der Waals surface area (Å²) in [6.45, 7) is 0. The third-order valence-corrected chi connectivity index (χ3v) is 7.12. The molecule has 1 aliphatic heterocycles. The maximum Gasteiger partial charge on any atom is 0.196 e. The Morgan fingerprint density at radius 1 is 0.656 bits per heavy atom. The van der Waals surface area contributed by atoms with E-state index in [-0.39, 0.29) is 0 Å². The van der Waals surface area contributed by atoms with Crippen LogP contribution in [0.5, 0.6) is 0 Å². The Kier molecular flexibility index (Phi) is 4.79. The number of anilines is 1. The van der Waals surface area contributed by atoms with Crippen LogP contribution in [-0.2, 0) is 0 Å². The quantitative estimate of drug-likeness (QED) is 0.218. The molecule has 6 rings (SSSR count). The van der Waals surface area contributed by atoms with Crippen molar-refractivity contribution in [1.82, 2.24) is 0 Å². The van der Waals surface area contributed by atoms with E-state index in [1.165, 1.54) is 21.2 Å². The molecule has 2 heterocycles. The van der Waals surface area contributed by atoms with Gasteiger partial charge in [-0.05, 0) is 46.5 Å². The van der Waals surface area contributed by atoms with Gasteiger partial charge in [-0.1, -0.05) is 90.5 Å². The number of hydrogen-bond acceptors (Lipinski definition) is 3. The average Bonchev–Trinajstić information content (AvgIpc) is 3.23. The van der Waals surface area contributed by atoms with E-state index in [4.69, 9.17) is 16.6 Å². The monoisotopic (exact) mass is 450 g/mol. The molecule has 0 radical (unpaired) electrons. The number of halogens is 1. The molecule has 1 unspecified atom stereocenters. The van der Waals surface area contributed by atoms with Gasteiger partial charge in [-0.2, -0.15) is 0 Å². The van der Waals surface area contributed by atoms with Crippen molar-refractivity contribution in [1.29, 1.82) is 0 Å². The zero-order chi connectivity index (χ0) is 21.5. The van der Waals surface area contributed by atoms with E-state index in [9.17, 15) is 0 Å².